The Kier molecular flexibility index (Phi) is 7.92. The average Bonchev–Trinajstić information content (AvgIpc) is 2.39. The van der Waals surface area contributed by atoms with Crippen molar-refractivity contribution in [1.82, 2.24) is 10.2 Å². The van der Waals surface area contributed by atoms with Gasteiger partial charge in [0.05, 0.1) is 0 Å². The Hall–Kier alpha value is -0.810. The van der Waals surface area contributed by atoms with Crippen LogP contribution in [0.25, 0.3) is 0 Å². The Morgan fingerprint density at radius 3 is 2.45 bits per heavy atom. The normalized spacial score (nSPS) is 18.1. The zero-order valence-electron chi connectivity index (χ0n) is 12.8. The third-order valence-corrected chi connectivity index (χ3v) is 3.81. The summed E-state index contributed by atoms with van der Waals surface area (Å²) in [7, 11) is 0. The molecular formula is C15H30N2O3. The highest BCUT2D eigenvalue weighted by Gasteiger charge is 2.30. The molecule has 1 saturated carbocycles. The molecule has 2 amide bonds. The van der Waals surface area contributed by atoms with E-state index < -0.39 is 6.23 Å². The molecule has 1 fully saturated rings. The average molecular weight is 286 g/mol. The Morgan fingerprint density at radius 1 is 1.25 bits per heavy atom. The first-order valence-electron chi connectivity index (χ1n) is 7.94. The Bertz CT molecular complexity index is 278. The first-order valence-corrected chi connectivity index (χ1v) is 7.94. The number of carbonyl (C=O) groups excluding carboxylic acids is 1. The van der Waals surface area contributed by atoms with Crippen LogP contribution in [0.4, 0.5) is 4.79 Å². The molecular weight excluding hydrogens is 256 g/mol. The van der Waals surface area contributed by atoms with E-state index in [0.29, 0.717) is 12.8 Å². The lowest BCUT2D eigenvalue weighted by atomic mass is 9.94. The van der Waals surface area contributed by atoms with Crippen LogP contribution in [-0.4, -0.2) is 46.1 Å². The number of hydrogen-bond acceptors (Lipinski definition) is 3. The number of hydrogen-bond donors (Lipinski definition) is 3. The lowest BCUT2D eigenvalue weighted by molar-refractivity contribution is -0.0110. The highest BCUT2D eigenvalue weighted by Crippen LogP contribution is 2.25. The van der Waals surface area contributed by atoms with Gasteiger partial charge in [-0.25, -0.2) is 4.79 Å². The highest BCUT2D eigenvalue weighted by atomic mass is 16.3. The number of amides is 2. The molecule has 0 aromatic carbocycles. The largest absolute Gasteiger partial charge is 0.396 e. The van der Waals surface area contributed by atoms with Crippen molar-refractivity contribution in [3.05, 3.63) is 0 Å². The summed E-state index contributed by atoms with van der Waals surface area (Å²) < 4.78 is 0. The summed E-state index contributed by atoms with van der Waals surface area (Å²) in [6.07, 6.45) is 6.60. The SMILES string of the molecule is CC(C)NC(=O)N(C(O)CCCCO)C1CCCCC1. The van der Waals surface area contributed by atoms with Crippen LogP contribution < -0.4 is 5.32 Å². The monoisotopic (exact) mass is 286 g/mol. The number of rotatable bonds is 7. The first kappa shape index (κ1) is 17.2. The number of urea groups is 1. The van der Waals surface area contributed by atoms with Crippen LogP contribution in [0.1, 0.15) is 65.2 Å². The van der Waals surface area contributed by atoms with Crippen LogP contribution in [0.2, 0.25) is 0 Å². The predicted molar refractivity (Wildman–Crippen MR) is 79.3 cm³/mol. The van der Waals surface area contributed by atoms with E-state index in [1.54, 1.807) is 4.90 Å². The van der Waals surface area contributed by atoms with Crippen molar-refractivity contribution in [1.29, 1.82) is 0 Å². The van der Waals surface area contributed by atoms with Crippen molar-refractivity contribution in [2.45, 2.75) is 83.5 Å². The van der Waals surface area contributed by atoms with Crippen molar-refractivity contribution in [2.75, 3.05) is 6.61 Å². The van der Waals surface area contributed by atoms with E-state index in [1.165, 1.54) is 6.42 Å². The molecule has 0 heterocycles. The molecule has 0 radical (unpaired) electrons. The summed E-state index contributed by atoms with van der Waals surface area (Å²) in [5, 5.41) is 22.1. The molecule has 0 saturated heterocycles. The Morgan fingerprint density at radius 2 is 1.90 bits per heavy atom. The molecule has 1 aliphatic rings. The Balaban J connectivity index is 2.63. The summed E-state index contributed by atoms with van der Waals surface area (Å²) in [6.45, 7) is 3.98. The maximum atomic E-state index is 12.3. The molecule has 0 aromatic heterocycles. The molecule has 1 rings (SSSR count). The van der Waals surface area contributed by atoms with Crippen molar-refractivity contribution in [2.24, 2.45) is 0 Å². The van der Waals surface area contributed by atoms with Gasteiger partial charge in [-0.1, -0.05) is 19.3 Å². The van der Waals surface area contributed by atoms with Crippen molar-refractivity contribution < 1.29 is 15.0 Å². The smallest absolute Gasteiger partial charge is 0.319 e. The van der Waals surface area contributed by atoms with Gasteiger partial charge in [-0.3, -0.25) is 4.90 Å². The number of nitrogens with one attached hydrogen (secondary N) is 1. The second-order valence-electron chi connectivity index (χ2n) is 6.00. The van der Waals surface area contributed by atoms with Gasteiger partial charge in [-0.05, 0) is 46.0 Å². The molecule has 0 aromatic rings. The van der Waals surface area contributed by atoms with Crippen LogP contribution in [0.3, 0.4) is 0 Å². The number of nitrogens with zero attached hydrogens (tertiary/aromatic N) is 1. The third-order valence-electron chi connectivity index (χ3n) is 3.81. The third kappa shape index (κ3) is 5.67. The number of aliphatic hydroxyl groups excluding tert-OH is 2. The van der Waals surface area contributed by atoms with Gasteiger partial charge in [0.2, 0.25) is 0 Å². The predicted octanol–water partition coefficient (Wildman–Crippen LogP) is 2.22. The van der Waals surface area contributed by atoms with Crippen LogP contribution in [0, 0.1) is 0 Å². The van der Waals surface area contributed by atoms with Gasteiger partial charge >= 0.3 is 6.03 Å². The second kappa shape index (κ2) is 9.19. The molecule has 5 heteroatoms. The molecule has 1 atom stereocenters. The van der Waals surface area contributed by atoms with Gasteiger partial charge in [0.15, 0.2) is 0 Å². The van der Waals surface area contributed by atoms with E-state index in [4.69, 9.17) is 5.11 Å². The van der Waals surface area contributed by atoms with Crippen LogP contribution >= 0.6 is 0 Å². The summed E-state index contributed by atoms with van der Waals surface area (Å²) in [5.74, 6) is 0. The molecule has 5 nitrogen and oxygen atoms in total. The molecule has 0 spiro atoms. The highest BCUT2D eigenvalue weighted by molar-refractivity contribution is 5.75. The standard InChI is InChI=1S/C15H30N2O3/c1-12(2)16-15(20)17(13-8-4-3-5-9-13)14(19)10-6-7-11-18/h12-14,18-19H,3-11H2,1-2H3,(H,16,20). The molecule has 20 heavy (non-hydrogen) atoms. The maximum absolute atomic E-state index is 12.3. The first-order chi connectivity index (χ1) is 9.56. The number of unbranched alkanes of at least 4 members (excludes halogenated alkanes) is 1. The topological polar surface area (TPSA) is 72.8 Å². The van der Waals surface area contributed by atoms with Crippen LogP contribution in [0.15, 0.2) is 0 Å². The van der Waals surface area contributed by atoms with Crippen molar-refractivity contribution >= 4 is 6.03 Å². The van der Waals surface area contributed by atoms with Gasteiger partial charge in [0.1, 0.15) is 6.23 Å². The molecule has 1 aliphatic carbocycles. The van der Waals surface area contributed by atoms with Gasteiger partial charge in [0, 0.05) is 18.7 Å². The van der Waals surface area contributed by atoms with Gasteiger partial charge in [-0.2, -0.15) is 0 Å². The fraction of sp³-hybridized carbons (Fsp3) is 0.933. The van der Waals surface area contributed by atoms with Gasteiger partial charge in [-0.15, -0.1) is 0 Å². The maximum Gasteiger partial charge on any atom is 0.319 e. The zero-order valence-corrected chi connectivity index (χ0v) is 12.8. The van der Waals surface area contributed by atoms with Crippen LogP contribution in [-0.2, 0) is 0 Å². The summed E-state index contributed by atoms with van der Waals surface area (Å²) in [4.78, 5) is 14.0. The fourth-order valence-corrected chi connectivity index (χ4v) is 2.80. The van der Waals surface area contributed by atoms with E-state index in [0.717, 1.165) is 32.1 Å². The number of carbonyl (C=O) groups is 1. The number of aliphatic hydroxyl groups is 2. The molecule has 1 unspecified atom stereocenters. The lowest BCUT2D eigenvalue weighted by Gasteiger charge is -2.38. The summed E-state index contributed by atoms with van der Waals surface area (Å²) in [6, 6.07) is 0.0493. The summed E-state index contributed by atoms with van der Waals surface area (Å²) in [5.41, 5.74) is 0. The van der Waals surface area contributed by atoms with E-state index in [1.807, 2.05) is 13.8 Å². The van der Waals surface area contributed by atoms with Gasteiger partial charge < -0.3 is 15.5 Å². The molecule has 118 valence electrons. The summed E-state index contributed by atoms with van der Waals surface area (Å²) >= 11 is 0. The van der Waals surface area contributed by atoms with Crippen LogP contribution in [0.5, 0.6) is 0 Å². The molecule has 0 bridgehead atoms. The minimum atomic E-state index is -0.747. The fourth-order valence-electron chi connectivity index (χ4n) is 2.80. The van der Waals surface area contributed by atoms with Gasteiger partial charge in [0.25, 0.3) is 0 Å². The molecule has 0 aliphatic heterocycles. The minimum Gasteiger partial charge on any atom is -0.396 e. The van der Waals surface area contributed by atoms with E-state index in [2.05, 4.69) is 5.32 Å². The Labute approximate surface area is 122 Å². The zero-order chi connectivity index (χ0) is 15.0. The molecule has 3 N–H and O–H groups in total. The van der Waals surface area contributed by atoms with E-state index >= 15 is 0 Å². The minimum absolute atomic E-state index is 0.0678. The lowest BCUT2D eigenvalue weighted by Crippen LogP contribution is -2.53. The van der Waals surface area contributed by atoms with E-state index in [-0.39, 0.29) is 24.7 Å². The second-order valence-corrected chi connectivity index (χ2v) is 6.00. The quantitative estimate of drug-likeness (QED) is 0.496. The van der Waals surface area contributed by atoms with E-state index in [9.17, 15) is 9.90 Å². The van der Waals surface area contributed by atoms with Crippen molar-refractivity contribution in [3.63, 3.8) is 0 Å². The van der Waals surface area contributed by atoms with Crippen molar-refractivity contribution in [3.8, 4) is 0 Å².